The Morgan fingerprint density at radius 2 is 2.26 bits per heavy atom. The summed E-state index contributed by atoms with van der Waals surface area (Å²) in [5, 5.41) is 14.2. The van der Waals surface area contributed by atoms with Crippen LogP contribution in [0.3, 0.4) is 0 Å². The van der Waals surface area contributed by atoms with Gasteiger partial charge in [-0.25, -0.2) is 4.79 Å². The molecule has 0 amide bonds. The van der Waals surface area contributed by atoms with E-state index >= 15 is 0 Å². The molecule has 2 N–H and O–H groups in total. The molecule has 1 aromatic heterocycles. The summed E-state index contributed by atoms with van der Waals surface area (Å²) in [6.45, 7) is 1.33. The fraction of sp³-hybridized carbons (Fsp3) is 0.615. The molecule has 0 radical (unpaired) electrons. The van der Waals surface area contributed by atoms with Crippen LogP contribution in [0.5, 0.6) is 0 Å². The van der Waals surface area contributed by atoms with Crippen molar-refractivity contribution in [2.75, 3.05) is 13.2 Å². The van der Waals surface area contributed by atoms with Gasteiger partial charge in [-0.2, -0.15) is 0 Å². The highest BCUT2D eigenvalue weighted by Gasteiger charge is 2.29. The van der Waals surface area contributed by atoms with E-state index in [1.807, 2.05) is 0 Å². The van der Waals surface area contributed by atoms with Crippen LogP contribution in [0.1, 0.15) is 46.3 Å². The smallest absolute Gasteiger partial charge is 0.336 e. The summed E-state index contributed by atoms with van der Waals surface area (Å²) in [5.41, 5.74) is 1.33. The Morgan fingerprint density at radius 3 is 3.00 bits per heavy atom. The monoisotopic (exact) mass is 283 g/mol. The number of fused-ring (bicyclic) bond motifs is 1. The van der Waals surface area contributed by atoms with Crippen LogP contribution in [-0.2, 0) is 15.9 Å². The van der Waals surface area contributed by atoms with Crippen molar-refractivity contribution in [3.63, 3.8) is 0 Å². The summed E-state index contributed by atoms with van der Waals surface area (Å²) in [5.74, 6) is -0.855. The number of nitrogens with one attached hydrogen (secondary N) is 1. The molecule has 0 bridgehead atoms. The lowest BCUT2D eigenvalue weighted by Crippen LogP contribution is -2.39. The number of aromatic carboxylic acids is 1. The summed E-state index contributed by atoms with van der Waals surface area (Å²) < 4.78 is 11.4. The molecule has 0 aliphatic carbocycles. The second kappa shape index (κ2) is 5.58. The predicted molar refractivity (Wildman–Crippen MR) is 70.4 cm³/mol. The summed E-state index contributed by atoms with van der Waals surface area (Å²) in [6.07, 6.45) is 3.69. The fourth-order valence-electron chi connectivity index (χ4n) is 2.57. The zero-order chi connectivity index (χ0) is 13.2. The quantitative estimate of drug-likeness (QED) is 0.889. The molecule has 5 nitrogen and oxygen atoms in total. The molecule has 1 fully saturated rings. The molecule has 0 spiro atoms. The zero-order valence-electron chi connectivity index (χ0n) is 10.6. The van der Waals surface area contributed by atoms with Gasteiger partial charge < -0.3 is 14.6 Å². The summed E-state index contributed by atoms with van der Waals surface area (Å²) in [4.78, 5) is 12.1. The lowest BCUT2D eigenvalue weighted by atomic mass is 10.1. The molecule has 1 saturated heterocycles. The molecular formula is C13H17NO4S. The van der Waals surface area contributed by atoms with Gasteiger partial charge in [-0.1, -0.05) is 0 Å². The van der Waals surface area contributed by atoms with Crippen LogP contribution in [0.2, 0.25) is 0 Å². The minimum absolute atomic E-state index is 0.0140. The second-order valence-electron chi connectivity index (χ2n) is 4.82. The Bertz CT molecular complexity index is 467. The van der Waals surface area contributed by atoms with E-state index in [-0.39, 0.29) is 12.5 Å². The number of thiophene rings is 1. The third kappa shape index (κ3) is 2.67. The second-order valence-corrected chi connectivity index (χ2v) is 5.73. The standard InChI is InChI=1S/C13H17NO4S/c15-13(16)9-7-19-11-8(9)4-6-18-12(11)14-10-3-1-2-5-17-10/h7,10,12,14H,1-6H2,(H,15,16). The van der Waals surface area contributed by atoms with Crippen LogP contribution in [0.25, 0.3) is 0 Å². The van der Waals surface area contributed by atoms with Crippen LogP contribution >= 0.6 is 11.3 Å². The van der Waals surface area contributed by atoms with Crippen molar-refractivity contribution >= 4 is 17.3 Å². The van der Waals surface area contributed by atoms with E-state index in [1.165, 1.54) is 11.3 Å². The molecule has 2 aliphatic rings. The number of hydrogen-bond acceptors (Lipinski definition) is 5. The maximum Gasteiger partial charge on any atom is 0.336 e. The van der Waals surface area contributed by atoms with Gasteiger partial charge in [0, 0.05) is 12.0 Å². The van der Waals surface area contributed by atoms with E-state index in [0.29, 0.717) is 18.6 Å². The Hall–Kier alpha value is -0.950. The van der Waals surface area contributed by atoms with Crippen LogP contribution in [0.4, 0.5) is 0 Å². The number of carboxylic acids is 1. The van der Waals surface area contributed by atoms with Crippen molar-refractivity contribution in [2.24, 2.45) is 0 Å². The third-order valence-corrected chi connectivity index (χ3v) is 4.62. The number of hydrogen-bond donors (Lipinski definition) is 2. The first kappa shape index (κ1) is 13.1. The van der Waals surface area contributed by atoms with Crippen molar-refractivity contribution in [1.29, 1.82) is 0 Å². The number of carbonyl (C=O) groups is 1. The van der Waals surface area contributed by atoms with Gasteiger partial charge in [-0.05, 0) is 31.2 Å². The van der Waals surface area contributed by atoms with E-state index in [9.17, 15) is 4.79 Å². The third-order valence-electron chi connectivity index (χ3n) is 3.55. The van der Waals surface area contributed by atoms with Gasteiger partial charge in [0.15, 0.2) is 0 Å². The summed E-state index contributed by atoms with van der Waals surface area (Å²) in [7, 11) is 0. The molecule has 2 unspecified atom stereocenters. The van der Waals surface area contributed by atoms with E-state index in [0.717, 1.165) is 36.3 Å². The molecule has 3 rings (SSSR count). The van der Waals surface area contributed by atoms with Gasteiger partial charge in [0.05, 0.1) is 17.0 Å². The van der Waals surface area contributed by atoms with Crippen LogP contribution in [0, 0.1) is 0 Å². The Kier molecular flexibility index (Phi) is 3.83. The molecule has 2 atom stereocenters. The van der Waals surface area contributed by atoms with Gasteiger partial charge in [0.1, 0.15) is 12.5 Å². The van der Waals surface area contributed by atoms with Gasteiger partial charge in [0.2, 0.25) is 0 Å². The van der Waals surface area contributed by atoms with Crippen LogP contribution in [0.15, 0.2) is 5.38 Å². The van der Waals surface area contributed by atoms with Gasteiger partial charge in [0.25, 0.3) is 0 Å². The van der Waals surface area contributed by atoms with Crippen LogP contribution in [-0.4, -0.2) is 30.5 Å². The first-order chi connectivity index (χ1) is 9.25. The average Bonchev–Trinajstić information content (AvgIpc) is 2.85. The molecule has 19 heavy (non-hydrogen) atoms. The topological polar surface area (TPSA) is 67.8 Å². The maximum atomic E-state index is 11.2. The highest BCUT2D eigenvalue weighted by Crippen LogP contribution is 2.34. The minimum Gasteiger partial charge on any atom is -0.478 e. The van der Waals surface area contributed by atoms with Gasteiger partial charge in [-0.3, -0.25) is 5.32 Å². The van der Waals surface area contributed by atoms with E-state index in [4.69, 9.17) is 14.6 Å². The molecule has 104 valence electrons. The number of carboxylic acid groups (broad SMARTS) is 1. The molecule has 6 heteroatoms. The molecular weight excluding hydrogens is 266 g/mol. The number of ether oxygens (including phenoxy) is 2. The van der Waals surface area contributed by atoms with E-state index in [1.54, 1.807) is 5.38 Å². The minimum atomic E-state index is -0.855. The first-order valence-corrected chi connectivity index (χ1v) is 7.46. The molecule has 3 heterocycles. The van der Waals surface area contributed by atoms with Crippen molar-refractivity contribution in [2.45, 2.75) is 38.1 Å². The maximum absolute atomic E-state index is 11.2. The highest BCUT2D eigenvalue weighted by molar-refractivity contribution is 7.10. The lowest BCUT2D eigenvalue weighted by molar-refractivity contribution is -0.0674. The van der Waals surface area contributed by atoms with E-state index < -0.39 is 5.97 Å². The summed E-state index contributed by atoms with van der Waals surface area (Å²) >= 11 is 1.45. The average molecular weight is 283 g/mol. The van der Waals surface area contributed by atoms with Gasteiger partial charge in [-0.15, -0.1) is 11.3 Å². The van der Waals surface area contributed by atoms with Crippen molar-refractivity contribution in [3.05, 3.63) is 21.4 Å². The molecule has 1 aromatic rings. The van der Waals surface area contributed by atoms with Crippen molar-refractivity contribution < 1.29 is 19.4 Å². The summed E-state index contributed by atoms with van der Waals surface area (Å²) in [6, 6.07) is 0. The SMILES string of the molecule is O=C(O)c1csc2c1CCOC2NC1CCCCO1. The number of rotatable bonds is 3. The Balaban J connectivity index is 1.76. The highest BCUT2D eigenvalue weighted by atomic mass is 32.1. The Labute approximate surface area is 115 Å². The van der Waals surface area contributed by atoms with Crippen molar-refractivity contribution in [1.82, 2.24) is 5.32 Å². The molecule has 2 aliphatic heterocycles. The molecule has 0 saturated carbocycles. The van der Waals surface area contributed by atoms with Gasteiger partial charge >= 0.3 is 5.97 Å². The van der Waals surface area contributed by atoms with E-state index in [2.05, 4.69) is 5.32 Å². The zero-order valence-corrected chi connectivity index (χ0v) is 11.4. The van der Waals surface area contributed by atoms with Crippen LogP contribution < -0.4 is 5.32 Å². The predicted octanol–water partition coefficient (Wildman–Crippen LogP) is 2.13. The normalized spacial score (nSPS) is 26.9. The fourth-order valence-corrected chi connectivity index (χ4v) is 3.68. The largest absolute Gasteiger partial charge is 0.478 e. The Morgan fingerprint density at radius 1 is 1.37 bits per heavy atom. The lowest BCUT2D eigenvalue weighted by Gasteiger charge is -2.31. The first-order valence-electron chi connectivity index (χ1n) is 6.58. The van der Waals surface area contributed by atoms with Crippen molar-refractivity contribution in [3.8, 4) is 0 Å². The molecule has 0 aromatic carbocycles.